The van der Waals surface area contributed by atoms with Gasteiger partial charge in [-0.05, 0) is 54.1 Å². The standard InChI is InChI=1S/C13H17IN2O.ClH/c1-16(10-5-4-8-15-9-10)13(17)11-6-2-3-7-12(11)14;/h2-3,6-7,10,15H,4-5,8-9H2,1H3;1H. The zero-order valence-electron chi connectivity index (χ0n) is 10.4. The van der Waals surface area contributed by atoms with Gasteiger partial charge in [0.15, 0.2) is 0 Å². The highest BCUT2D eigenvalue weighted by molar-refractivity contribution is 14.1. The number of amides is 1. The lowest BCUT2D eigenvalue weighted by atomic mass is 10.1. The number of carbonyl (C=O) groups is 1. The van der Waals surface area contributed by atoms with E-state index in [1.807, 2.05) is 36.2 Å². The predicted molar refractivity (Wildman–Crippen MR) is 84.4 cm³/mol. The smallest absolute Gasteiger partial charge is 0.254 e. The number of nitrogens with one attached hydrogen (secondary N) is 1. The number of benzene rings is 1. The molecule has 5 heteroatoms. The van der Waals surface area contributed by atoms with Crippen molar-refractivity contribution >= 4 is 40.9 Å². The maximum Gasteiger partial charge on any atom is 0.254 e. The van der Waals surface area contributed by atoms with Crippen molar-refractivity contribution in [2.75, 3.05) is 20.1 Å². The van der Waals surface area contributed by atoms with E-state index in [4.69, 9.17) is 0 Å². The van der Waals surface area contributed by atoms with Gasteiger partial charge in [0.05, 0.1) is 5.56 Å². The Bertz CT molecular complexity index is 408. The summed E-state index contributed by atoms with van der Waals surface area (Å²) in [7, 11) is 1.91. The van der Waals surface area contributed by atoms with Crippen LogP contribution in [0.2, 0.25) is 0 Å². The monoisotopic (exact) mass is 380 g/mol. The summed E-state index contributed by atoms with van der Waals surface area (Å²) in [6.45, 7) is 1.98. The summed E-state index contributed by atoms with van der Waals surface area (Å²) in [5, 5.41) is 3.34. The second-order valence-electron chi connectivity index (χ2n) is 4.40. The molecule has 1 aromatic carbocycles. The van der Waals surface area contributed by atoms with Gasteiger partial charge in [-0.2, -0.15) is 0 Å². The van der Waals surface area contributed by atoms with E-state index in [0.717, 1.165) is 35.1 Å². The van der Waals surface area contributed by atoms with Gasteiger partial charge in [-0.3, -0.25) is 4.79 Å². The normalized spacial score (nSPS) is 18.9. The molecule has 0 aliphatic carbocycles. The van der Waals surface area contributed by atoms with Crippen LogP contribution in [0, 0.1) is 3.57 Å². The molecule has 100 valence electrons. The molecule has 1 atom stereocenters. The minimum absolute atomic E-state index is 0. The van der Waals surface area contributed by atoms with E-state index in [2.05, 4.69) is 27.9 Å². The van der Waals surface area contributed by atoms with E-state index >= 15 is 0 Å². The fourth-order valence-electron chi connectivity index (χ4n) is 2.15. The molecular formula is C13H18ClIN2O. The van der Waals surface area contributed by atoms with E-state index in [-0.39, 0.29) is 18.3 Å². The summed E-state index contributed by atoms with van der Waals surface area (Å²) in [6.07, 6.45) is 2.24. The van der Waals surface area contributed by atoms with Crippen LogP contribution in [0.5, 0.6) is 0 Å². The molecule has 1 amide bonds. The molecule has 0 saturated carbocycles. The first-order valence-electron chi connectivity index (χ1n) is 5.92. The summed E-state index contributed by atoms with van der Waals surface area (Å²) in [4.78, 5) is 14.2. The highest BCUT2D eigenvalue weighted by Crippen LogP contribution is 2.16. The molecule has 1 aromatic rings. The van der Waals surface area contributed by atoms with Gasteiger partial charge in [0.2, 0.25) is 0 Å². The second kappa shape index (κ2) is 7.31. The molecule has 3 nitrogen and oxygen atoms in total. The van der Waals surface area contributed by atoms with Crippen molar-refractivity contribution < 1.29 is 4.79 Å². The molecule has 18 heavy (non-hydrogen) atoms. The first-order valence-corrected chi connectivity index (χ1v) is 7.00. The minimum atomic E-state index is 0. The topological polar surface area (TPSA) is 32.3 Å². The molecule has 1 unspecified atom stereocenters. The third-order valence-corrected chi connectivity index (χ3v) is 4.18. The maximum absolute atomic E-state index is 12.4. The Morgan fingerprint density at radius 2 is 2.17 bits per heavy atom. The Hall–Kier alpha value is -0.330. The van der Waals surface area contributed by atoms with Gasteiger partial charge in [0.1, 0.15) is 0 Å². The fourth-order valence-corrected chi connectivity index (χ4v) is 2.77. The third-order valence-electron chi connectivity index (χ3n) is 3.24. The van der Waals surface area contributed by atoms with Crippen LogP contribution in [0.1, 0.15) is 23.2 Å². The lowest BCUT2D eigenvalue weighted by Gasteiger charge is -2.32. The molecule has 1 aliphatic rings. The summed E-state index contributed by atoms with van der Waals surface area (Å²) < 4.78 is 1.02. The van der Waals surface area contributed by atoms with E-state index in [9.17, 15) is 4.79 Å². The molecule has 1 heterocycles. The van der Waals surface area contributed by atoms with E-state index in [1.54, 1.807) is 0 Å². The van der Waals surface area contributed by atoms with Crippen LogP contribution in [-0.4, -0.2) is 37.0 Å². The minimum Gasteiger partial charge on any atom is -0.337 e. The van der Waals surface area contributed by atoms with Crippen LogP contribution >= 0.6 is 35.0 Å². The van der Waals surface area contributed by atoms with Crippen molar-refractivity contribution in [1.29, 1.82) is 0 Å². The van der Waals surface area contributed by atoms with Crippen molar-refractivity contribution in [3.05, 3.63) is 33.4 Å². The van der Waals surface area contributed by atoms with Gasteiger partial charge in [-0.1, -0.05) is 12.1 Å². The van der Waals surface area contributed by atoms with Gasteiger partial charge in [-0.15, -0.1) is 12.4 Å². The van der Waals surface area contributed by atoms with Crippen molar-refractivity contribution in [3.8, 4) is 0 Å². The van der Waals surface area contributed by atoms with Gasteiger partial charge in [0, 0.05) is 23.2 Å². The average Bonchev–Trinajstić information content (AvgIpc) is 2.39. The van der Waals surface area contributed by atoms with Gasteiger partial charge in [-0.25, -0.2) is 0 Å². The van der Waals surface area contributed by atoms with Gasteiger partial charge in [0.25, 0.3) is 5.91 Å². The Kier molecular flexibility index (Phi) is 6.38. The Morgan fingerprint density at radius 1 is 1.44 bits per heavy atom. The van der Waals surface area contributed by atoms with Crippen LogP contribution in [0.15, 0.2) is 24.3 Å². The van der Waals surface area contributed by atoms with E-state index in [1.165, 1.54) is 0 Å². The highest BCUT2D eigenvalue weighted by atomic mass is 127. The molecule has 0 bridgehead atoms. The number of halogens is 2. The summed E-state index contributed by atoms with van der Waals surface area (Å²) in [6, 6.07) is 8.08. The zero-order valence-corrected chi connectivity index (χ0v) is 13.3. The van der Waals surface area contributed by atoms with Crippen LogP contribution in [0.25, 0.3) is 0 Å². The average molecular weight is 381 g/mol. The molecule has 0 aromatic heterocycles. The number of hydrogen-bond donors (Lipinski definition) is 1. The quantitative estimate of drug-likeness (QED) is 0.800. The number of piperidine rings is 1. The Labute approximate surface area is 128 Å². The summed E-state index contributed by atoms with van der Waals surface area (Å²) in [5.41, 5.74) is 0.807. The second-order valence-corrected chi connectivity index (χ2v) is 5.56. The largest absolute Gasteiger partial charge is 0.337 e. The maximum atomic E-state index is 12.4. The summed E-state index contributed by atoms with van der Waals surface area (Å²) in [5.74, 6) is 0.128. The number of hydrogen-bond acceptors (Lipinski definition) is 2. The molecular weight excluding hydrogens is 363 g/mol. The molecule has 1 fully saturated rings. The van der Waals surface area contributed by atoms with Crippen LogP contribution < -0.4 is 5.32 Å². The summed E-state index contributed by atoms with van der Waals surface area (Å²) >= 11 is 2.22. The van der Waals surface area contributed by atoms with Crippen molar-refractivity contribution in [2.24, 2.45) is 0 Å². The molecule has 1 N–H and O–H groups in total. The number of nitrogens with zero attached hydrogens (tertiary/aromatic N) is 1. The Morgan fingerprint density at radius 3 is 2.78 bits per heavy atom. The SMILES string of the molecule is CN(C(=O)c1ccccc1I)C1CCCNC1.Cl. The Balaban J connectivity index is 0.00000162. The fraction of sp³-hybridized carbons (Fsp3) is 0.462. The zero-order chi connectivity index (χ0) is 12.3. The number of rotatable bonds is 2. The molecule has 1 saturated heterocycles. The van der Waals surface area contributed by atoms with Crippen molar-refractivity contribution in [2.45, 2.75) is 18.9 Å². The van der Waals surface area contributed by atoms with Gasteiger partial charge >= 0.3 is 0 Å². The van der Waals surface area contributed by atoms with Crippen LogP contribution in [0.3, 0.4) is 0 Å². The first-order chi connectivity index (χ1) is 8.20. The van der Waals surface area contributed by atoms with Crippen LogP contribution in [0.4, 0.5) is 0 Å². The van der Waals surface area contributed by atoms with E-state index in [0.29, 0.717) is 6.04 Å². The third kappa shape index (κ3) is 3.59. The van der Waals surface area contributed by atoms with E-state index < -0.39 is 0 Å². The lowest BCUT2D eigenvalue weighted by Crippen LogP contribution is -2.46. The first kappa shape index (κ1) is 15.7. The highest BCUT2D eigenvalue weighted by Gasteiger charge is 2.23. The molecule has 1 aliphatic heterocycles. The molecule has 0 spiro atoms. The predicted octanol–water partition coefficient (Wildman–Crippen LogP) is 2.54. The number of likely N-dealkylation sites (N-methyl/N-ethyl adjacent to an activating group) is 1. The lowest BCUT2D eigenvalue weighted by molar-refractivity contribution is 0.0707. The van der Waals surface area contributed by atoms with Crippen LogP contribution in [-0.2, 0) is 0 Å². The van der Waals surface area contributed by atoms with Crippen molar-refractivity contribution in [1.82, 2.24) is 10.2 Å². The number of carbonyl (C=O) groups excluding carboxylic acids is 1. The van der Waals surface area contributed by atoms with Gasteiger partial charge < -0.3 is 10.2 Å². The molecule has 0 radical (unpaired) electrons. The van der Waals surface area contributed by atoms with Crippen molar-refractivity contribution in [3.63, 3.8) is 0 Å². The molecule has 2 rings (SSSR count).